The fourth-order valence-corrected chi connectivity index (χ4v) is 2.33. The van der Waals surface area contributed by atoms with Crippen LogP contribution in [-0.4, -0.2) is 24.3 Å². The molecule has 1 saturated heterocycles. The van der Waals surface area contributed by atoms with Crippen LogP contribution >= 0.6 is 0 Å². The molecule has 2 rings (SSSR count). The van der Waals surface area contributed by atoms with E-state index in [9.17, 15) is 13.9 Å². The summed E-state index contributed by atoms with van der Waals surface area (Å²) in [5.41, 5.74) is -0.00136. The van der Waals surface area contributed by atoms with Gasteiger partial charge in [0, 0.05) is 12.0 Å². The summed E-state index contributed by atoms with van der Waals surface area (Å²) in [6.45, 7) is 1.73. The zero-order valence-corrected chi connectivity index (χ0v) is 9.63. The van der Waals surface area contributed by atoms with Gasteiger partial charge in [-0.3, -0.25) is 0 Å². The number of aliphatic hydroxyl groups excluding tert-OH is 1. The standard InChI is InChI=1S/C13H17F2NO/c14-11-2-1-3-12(15)10(11)8-13(17)9-4-6-16-7-5-9/h1-3,9,13,16-17H,4-8H2. The SMILES string of the molecule is OC(Cc1c(F)cccc1F)C1CCNCC1. The molecule has 94 valence electrons. The largest absolute Gasteiger partial charge is 0.392 e. The van der Waals surface area contributed by atoms with Crippen molar-refractivity contribution in [2.24, 2.45) is 5.92 Å². The van der Waals surface area contributed by atoms with E-state index in [0.717, 1.165) is 25.9 Å². The van der Waals surface area contributed by atoms with E-state index in [2.05, 4.69) is 5.32 Å². The summed E-state index contributed by atoms with van der Waals surface area (Å²) in [5.74, 6) is -1.01. The second-order valence-corrected chi connectivity index (χ2v) is 4.56. The number of nitrogens with one attached hydrogen (secondary N) is 1. The van der Waals surface area contributed by atoms with E-state index < -0.39 is 17.7 Å². The minimum Gasteiger partial charge on any atom is -0.392 e. The predicted molar refractivity (Wildman–Crippen MR) is 61.7 cm³/mol. The van der Waals surface area contributed by atoms with Gasteiger partial charge in [0.05, 0.1) is 6.10 Å². The van der Waals surface area contributed by atoms with Crippen LogP contribution in [0.5, 0.6) is 0 Å². The van der Waals surface area contributed by atoms with Gasteiger partial charge in [0.1, 0.15) is 11.6 Å². The molecular weight excluding hydrogens is 224 g/mol. The van der Waals surface area contributed by atoms with Crippen LogP contribution in [0.4, 0.5) is 8.78 Å². The number of hydrogen-bond donors (Lipinski definition) is 2. The maximum Gasteiger partial charge on any atom is 0.129 e. The van der Waals surface area contributed by atoms with Crippen LogP contribution in [-0.2, 0) is 6.42 Å². The average molecular weight is 241 g/mol. The first kappa shape index (κ1) is 12.5. The number of aliphatic hydroxyl groups is 1. The van der Waals surface area contributed by atoms with Crippen molar-refractivity contribution in [1.82, 2.24) is 5.32 Å². The second-order valence-electron chi connectivity index (χ2n) is 4.56. The van der Waals surface area contributed by atoms with Crippen molar-refractivity contribution >= 4 is 0 Å². The maximum absolute atomic E-state index is 13.4. The molecule has 0 radical (unpaired) electrons. The summed E-state index contributed by atoms with van der Waals surface area (Å²) in [6.07, 6.45) is 1.11. The van der Waals surface area contributed by atoms with Gasteiger partial charge in [0.2, 0.25) is 0 Å². The molecule has 0 bridgehead atoms. The fraction of sp³-hybridized carbons (Fsp3) is 0.538. The third kappa shape index (κ3) is 3.01. The molecule has 2 N–H and O–H groups in total. The Labute approximate surface area is 99.7 Å². The summed E-state index contributed by atoms with van der Waals surface area (Å²) in [7, 11) is 0. The molecule has 1 heterocycles. The lowest BCUT2D eigenvalue weighted by molar-refractivity contribution is 0.0874. The molecule has 0 aliphatic carbocycles. The predicted octanol–water partition coefficient (Wildman–Crippen LogP) is 1.87. The Kier molecular flexibility index (Phi) is 4.07. The molecule has 1 aliphatic rings. The first-order valence-electron chi connectivity index (χ1n) is 6.00. The number of halogens is 2. The minimum absolute atomic E-state index is 0.00136. The van der Waals surface area contributed by atoms with Crippen molar-refractivity contribution in [2.75, 3.05) is 13.1 Å². The molecule has 1 unspecified atom stereocenters. The van der Waals surface area contributed by atoms with Crippen LogP contribution in [0.2, 0.25) is 0 Å². The van der Waals surface area contributed by atoms with Gasteiger partial charge in [-0.15, -0.1) is 0 Å². The summed E-state index contributed by atoms with van der Waals surface area (Å²) in [5, 5.41) is 13.2. The van der Waals surface area contributed by atoms with E-state index >= 15 is 0 Å². The zero-order valence-electron chi connectivity index (χ0n) is 9.63. The highest BCUT2D eigenvalue weighted by molar-refractivity contribution is 5.20. The maximum atomic E-state index is 13.4. The molecule has 1 atom stereocenters. The Morgan fingerprint density at radius 3 is 2.41 bits per heavy atom. The van der Waals surface area contributed by atoms with Gasteiger partial charge in [0.15, 0.2) is 0 Å². The van der Waals surface area contributed by atoms with Crippen LogP contribution < -0.4 is 5.32 Å². The van der Waals surface area contributed by atoms with Crippen molar-refractivity contribution in [3.63, 3.8) is 0 Å². The Morgan fingerprint density at radius 1 is 1.24 bits per heavy atom. The lowest BCUT2D eigenvalue weighted by atomic mass is 9.88. The van der Waals surface area contributed by atoms with Gasteiger partial charge >= 0.3 is 0 Å². The molecule has 2 nitrogen and oxygen atoms in total. The Bertz CT molecular complexity index is 357. The Balaban J connectivity index is 2.04. The quantitative estimate of drug-likeness (QED) is 0.846. The molecule has 0 saturated carbocycles. The Morgan fingerprint density at radius 2 is 1.82 bits per heavy atom. The van der Waals surface area contributed by atoms with E-state index in [0.29, 0.717) is 0 Å². The lowest BCUT2D eigenvalue weighted by Crippen LogP contribution is -2.35. The minimum atomic E-state index is -0.663. The summed E-state index contributed by atoms with van der Waals surface area (Å²) >= 11 is 0. The highest BCUT2D eigenvalue weighted by Gasteiger charge is 2.23. The molecule has 4 heteroatoms. The number of benzene rings is 1. The second kappa shape index (κ2) is 5.56. The Hall–Kier alpha value is -1.00. The number of rotatable bonds is 3. The highest BCUT2D eigenvalue weighted by atomic mass is 19.1. The van der Waals surface area contributed by atoms with Crippen molar-refractivity contribution in [3.05, 3.63) is 35.4 Å². The molecule has 0 aromatic heterocycles. The van der Waals surface area contributed by atoms with Crippen LogP contribution in [0.15, 0.2) is 18.2 Å². The first-order valence-corrected chi connectivity index (χ1v) is 6.00. The molecule has 1 aromatic carbocycles. The van der Waals surface area contributed by atoms with Gasteiger partial charge in [-0.2, -0.15) is 0 Å². The van der Waals surface area contributed by atoms with Gasteiger partial charge < -0.3 is 10.4 Å². The topological polar surface area (TPSA) is 32.3 Å². The van der Waals surface area contributed by atoms with Gasteiger partial charge in [0.25, 0.3) is 0 Å². The van der Waals surface area contributed by atoms with E-state index in [4.69, 9.17) is 0 Å². The molecule has 1 fully saturated rings. The summed E-state index contributed by atoms with van der Waals surface area (Å²) in [6, 6.07) is 3.80. The van der Waals surface area contributed by atoms with Gasteiger partial charge in [-0.1, -0.05) is 6.07 Å². The third-order valence-corrected chi connectivity index (χ3v) is 3.40. The molecule has 0 spiro atoms. The lowest BCUT2D eigenvalue weighted by Gasteiger charge is -2.27. The first-order chi connectivity index (χ1) is 8.18. The van der Waals surface area contributed by atoms with Crippen LogP contribution in [0.3, 0.4) is 0 Å². The van der Waals surface area contributed by atoms with Gasteiger partial charge in [-0.25, -0.2) is 8.78 Å². The molecule has 1 aromatic rings. The normalized spacial score (nSPS) is 19.2. The number of piperidine rings is 1. The van der Waals surface area contributed by atoms with Crippen molar-refractivity contribution < 1.29 is 13.9 Å². The van der Waals surface area contributed by atoms with E-state index in [1.54, 1.807) is 0 Å². The van der Waals surface area contributed by atoms with Crippen LogP contribution in [0.1, 0.15) is 18.4 Å². The molecular formula is C13H17F2NO. The summed E-state index contributed by atoms with van der Waals surface area (Å²) < 4.78 is 26.8. The van der Waals surface area contributed by atoms with Crippen LogP contribution in [0, 0.1) is 17.6 Å². The fourth-order valence-electron chi connectivity index (χ4n) is 2.33. The average Bonchev–Trinajstić information content (AvgIpc) is 2.35. The van der Waals surface area contributed by atoms with E-state index in [1.807, 2.05) is 0 Å². The zero-order chi connectivity index (χ0) is 12.3. The van der Waals surface area contributed by atoms with E-state index in [-0.39, 0.29) is 17.9 Å². The monoisotopic (exact) mass is 241 g/mol. The van der Waals surface area contributed by atoms with Crippen LogP contribution in [0.25, 0.3) is 0 Å². The van der Waals surface area contributed by atoms with Crippen molar-refractivity contribution in [3.8, 4) is 0 Å². The molecule has 0 amide bonds. The summed E-state index contributed by atoms with van der Waals surface area (Å²) in [4.78, 5) is 0. The highest BCUT2D eigenvalue weighted by Crippen LogP contribution is 2.22. The van der Waals surface area contributed by atoms with Gasteiger partial charge in [-0.05, 0) is 44.0 Å². The smallest absolute Gasteiger partial charge is 0.129 e. The number of hydrogen-bond acceptors (Lipinski definition) is 2. The van der Waals surface area contributed by atoms with E-state index in [1.165, 1.54) is 18.2 Å². The van der Waals surface area contributed by atoms with Crippen molar-refractivity contribution in [2.45, 2.75) is 25.4 Å². The van der Waals surface area contributed by atoms with Crippen molar-refractivity contribution in [1.29, 1.82) is 0 Å². The molecule has 1 aliphatic heterocycles. The molecule has 17 heavy (non-hydrogen) atoms. The third-order valence-electron chi connectivity index (χ3n) is 3.40.